The van der Waals surface area contributed by atoms with Crippen LogP contribution < -0.4 is 4.74 Å². The highest BCUT2D eigenvalue weighted by atomic mass is 35.5. The molecular formula is C17H17ClO2S. The quantitative estimate of drug-likeness (QED) is 0.682. The number of thioether (sulfide) groups is 1. The zero-order chi connectivity index (χ0) is 15.1. The first kappa shape index (κ1) is 15.9. The lowest BCUT2D eigenvalue weighted by Crippen LogP contribution is -2.03. The van der Waals surface area contributed by atoms with Crippen molar-refractivity contribution in [3.63, 3.8) is 0 Å². The maximum atomic E-state index is 12.1. The molecule has 0 aliphatic heterocycles. The summed E-state index contributed by atoms with van der Waals surface area (Å²) in [5, 5.41) is 0.749. The lowest BCUT2D eigenvalue weighted by Gasteiger charge is -2.05. The van der Waals surface area contributed by atoms with Crippen molar-refractivity contribution in [2.24, 2.45) is 0 Å². The number of carbonyl (C=O) groups is 1. The molecule has 0 amide bonds. The monoisotopic (exact) mass is 320 g/mol. The fourth-order valence-electron chi connectivity index (χ4n) is 1.86. The molecule has 110 valence electrons. The van der Waals surface area contributed by atoms with Gasteiger partial charge in [-0.25, -0.2) is 0 Å². The summed E-state index contributed by atoms with van der Waals surface area (Å²) in [6.45, 7) is 2.56. The smallest absolute Gasteiger partial charge is 0.172 e. The maximum absolute atomic E-state index is 12.1. The number of hydrogen-bond donors (Lipinski definition) is 0. The van der Waals surface area contributed by atoms with E-state index >= 15 is 0 Å². The number of carbonyl (C=O) groups excluding carboxylic acids is 1. The summed E-state index contributed by atoms with van der Waals surface area (Å²) in [6.07, 6.45) is 0. The predicted octanol–water partition coefficient (Wildman–Crippen LogP) is 4.85. The van der Waals surface area contributed by atoms with Gasteiger partial charge in [0.1, 0.15) is 5.75 Å². The van der Waals surface area contributed by atoms with Gasteiger partial charge in [0.05, 0.1) is 12.4 Å². The summed E-state index contributed by atoms with van der Waals surface area (Å²) < 4.78 is 5.36. The number of hydrogen-bond acceptors (Lipinski definition) is 3. The van der Waals surface area contributed by atoms with Gasteiger partial charge in [-0.1, -0.05) is 29.8 Å². The molecule has 0 aliphatic carbocycles. The Kier molecular flexibility index (Phi) is 6.15. The normalized spacial score (nSPS) is 10.4. The summed E-state index contributed by atoms with van der Waals surface area (Å²) >= 11 is 7.66. The Bertz CT molecular complexity index is 596. The van der Waals surface area contributed by atoms with Crippen molar-refractivity contribution < 1.29 is 9.53 Å². The van der Waals surface area contributed by atoms with E-state index in [1.54, 1.807) is 11.8 Å². The van der Waals surface area contributed by atoms with Gasteiger partial charge in [0.15, 0.2) is 5.78 Å². The molecule has 0 saturated heterocycles. The highest BCUT2D eigenvalue weighted by Crippen LogP contribution is 2.21. The molecule has 0 bridgehead atoms. The van der Waals surface area contributed by atoms with Gasteiger partial charge < -0.3 is 4.74 Å². The van der Waals surface area contributed by atoms with Crippen LogP contribution in [-0.2, 0) is 5.75 Å². The third kappa shape index (κ3) is 4.80. The van der Waals surface area contributed by atoms with Crippen LogP contribution in [0.25, 0.3) is 0 Å². The van der Waals surface area contributed by atoms with E-state index in [2.05, 4.69) is 0 Å². The number of ether oxygens (including phenoxy) is 1. The summed E-state index contributed by atoms with van der Waals surface area (Å²) in [4.78, 5) is 12.1. The Morgan fingerprint density at radius 3 is 2.52 bits per heavy atom. The Morgan fingerprint density at radius 2 is 1.86 bits per heavy atom. The lowest BCUT2D eigenvalue weighted by molar-refractivity contribution is 0.102. The molecule has 0 unspecified atom stereocenters. The molecule has 0 fully saturated rings. The van der Waals surface area contributed by atoms with Crippen LogP contribution in [0.2, 0.25) is 5.02 Å². The van der Waals surface area contributed by atoms with E-state index in [1.807, 2.05) is 55.5 Å². The molecular weight excluding hydrogens is 304 g/mol. The molecule has 0 heterocycles. The number of benzene rings is 2. The molecule has 0 atom stereocenters. The summed E-state index contributed by atoms with van der Waals surface area (Å²) in [5.41, 5.74) is 1.77. The Morgan fingerprint density at radius 1 is 1.14 bits per heavy atom. The maximum Gasteiger partial charge on any atom is 0.172 e. The van der Waals surface area contributed by atoms with Crippen molar-refractivity contribution in [3.8, 4) is 5.75 Å². The van der Waals surface area contributed by atoms with Crippen molar-refractivity contribution in [1.29, 1.82) is 0 Å². The number of ketones is 1. The van der Waals surface area contributed by atoms with Crippen molar-refractivity contribution in [2.75, 3.05) is 12.4 Å². The molecule has 4 heteroatoms. The SMILES string of the molecule is CCOc1ccc(C(=O)CSCc2ccccc2Cl)cc1. The molecule has 0 aliphatic rings. The van der Waals surface area contributed by atoms with Crippen molar-refractivity contribution in [1.82, 2.24) is 0 Å². The average Bonchev–Trinajstić information content (AvgIpc) is 2.50. The summed E-state index contributed by atoms with van der Waals surface area (Å²) in [5.74, 6) is 2.09. The second kappa shape index (κ2) is 8.11. The van der Waals surface area contributed by atoms with Gasteiger partial charge in [0, 0.05) is 16.3 Å². The molecule has 2 rings (SSSR count). The third-order valence-corrected chi connectivity index (χ3v) is 4.29. The molecule has 0 radical (unpaired) electrons. The molecule has 21 heavy (non-hydrogen) atoms. The zero-order valence-corrected chi connectivity index (χ0v) is 13.4. The first-order valence-electron chi connectivity index (χ1n) is 6.78. The van der Waals surface area contributed by atoms with Gasteiger partial charge in [-0.05, 0) is 42.8 Å². The van der Waals surface area contributed by atoms with Crippen LogP contribution in [0.4, 0.5) is 0 Å². The van der Waals surface area contributed by atoms with E-state index in [-0.39, 0.29) is 5.78 Å². The van der Waals surface area contributed by atoms with Crippen LogP contribution >= 0.6 is 23.4 Å². The standard InChI is InChI=1S/C17H17ClO2S/c1-2-20-15-9-7-13(8-10-15)17(19)12-21-11-14-5-3-4-6-16(14)18/h3-10H,2,11-12H2,1H3. The van der Waals surface area contributed by atoms with Gasteiger partial charge in [-0.3, -0.25) is 4.79 Å². The summed E-state index contributed by atoms with van der Waals surface area (Å²) in [6, 6.07) is 15.0. The molecule has 0 spiro atoms. The molecule has 2 aromatic carbocycles. The highest BCUT2D eigenvalue weighted by Gasteiger charge is 2.07. The zero-order valence-electron chi connectivity index (χ0n) is 11.8. The number of rotatable bonds is 7. The molecule has 0 N–H and O–H groups in total. The Labute approximate surface area is 134 Å². The minimum absolute atomic E-state index is 0.120. The van der Waals surface area contributed by atoms with E-state index in [4.69, 9.17) is 16.3 Å². The fraction of sp³-hybridized carbons (Fsp3) is 0.235. The van der Waals surface area contributed by atoms with Gasteiger partial charge in [0.25, 0.3) is 0 Å². The van der Waals surface area contributed by atoms with Crippen molar-refractivity contribution in [2.45, 2.75) is 12.7 Å². The van der Waals surface area contributed by atoms with Crippen LogP contribution in [0.5, 0.6) is 5.75 Å². The first-order valence-corrected chi connectivity index (χ1v) is 8.31. The summed E-state index contributed by atoms with van der Waals surface area (Å²) in [7, 11) is 0. The van der Waals surface area contributed by atoms with Crippen LogP contribution in [0.1, 0.15) is 22.8 Å². The topological polar surface area (TPSA) is 26.3 Å². The van der Waals surface area contributed by atoms with E-state index < -0.39 is 0 Å². The second-order valence-electron chi connectivity index (χ2n) is 4.46. The number of Topliss-reactive ketones (excluding diaryl/α,β-unsaturated/α-hetero) is 1. The second-order valence-corrected chi connectivity index (χ2v) is 5.86. The fourth-order valence-corrected chi connectivity index (χ4v) is 3.06. The minimum atomic E-state index is 0.120. The Hall–Kier alpha value is -1.45. The van der Waals surface area contributed by atoms with E-state index in [0.717, 1.165) is 22.1 Å². The molecule has 0 aromatic heterocycles. The predicted molar refractivity (Wildman–Crippen MR) is 89.6 cm³/mol. The Balaban J connectivity index is 1.85. The van der Waals surface area contributed by atoms with Crippen LogP contribution in [0.15, 0.2) is 48.5 Å². The third-order valence-electron chi connectivity index (χ3n) is 2.94. The van der Waals surface area contributed by atoms with E-state index in [9.17, 15) is 4.79 Å². The van der Waals surface area contributed by atoms with Crippen molar-refractivity contribution in [3.05, 3.63) is 64.7 Å². The largest absolute Gasteiger partial charge is 0.494 e. The molecule has 2 nitrogen and oxygen atoms in total. The number of halogens is 1. The van der Waals surface area contributed by atoms with E-state index in [0.29, 0.717) is 17.9 Å². The highest BCUT2D eigenvalue weighted by molar-refractivity contribution is 7.99. The van der Waals surface area contributed by atoms with E-state index in [1.165, 1.54) is 0 Å². The van der Waals surface area contributed by atoms with Gasteiger partial charge in [0.2, 0.25) is 0 Å². The molecule has 0 saturated carbocycles. The first-order chi connectivity index (χ1) is 10.2. The molecule has 2 aromatic rings. The van der Waals surface area contributed by atoms with Crippen LogP contribution in [-0.4, -0.2) is 18.1 Å². The minimum Gasteiger partial charge on any atom is -0.494 e. The van der Waals surface area contributed by atoms with Crippen LogP contribution in [0, 0.1) is 0 Å². The van der Waals surface area contributed by atoms with Gasteiger partial charge in [-0.15, -0.1) is 11.8 Å². The average molecular weight is 321 g/mol. The van der Waals surface area contributed by atoms with Gasteiger partial charge in [-0.2, -0.15) is 0 Å². The van der Waals surface area contributed by atoms with Gasteiger partial charge >= 0.3 is 0 Å². The lowest BCUT2D eigenvalue weighted by atomic mass is 10.1. The van der Waals surface area contributed by atoms with Crippen LogP contribution in [0.3, 0.4) is 0 Å². The van der Waals surface area contributed by atoms with Crippen molar-refractivity contribution >= 4 is 29.1 Å².